The summed E-state index contributed by atoms with van der Waals surface area (Å²) in [5.41, 5.74) is 1.33. The zero-order chi connectivity index (χ0) is 20.9. The van der Waals surface area contributed by atoms with E-state index in [0.29, 0.717) is 29.2 Å². The van der Waals surface area contributed by atoms with E-state index < -0.39 is 22.0 Å². The highest BCUT2D eigenvalue weighted by Gasteiger charge is 2.25. The second kappa shape index (κ2) is 9.07. The van der Waals surface area contributed by atoms with Gasteiger partial charge in [0.2, 0.25) is 15.9 Å². The molecule has 0 bridgehead atoms. The van der Waals surface area contributed by atoms with Crippen molar-refractivity contribution in [3.8, 4) is 0 Å². The molecule has 0 radical (unpaired) electrons. The van der Waals surface area contributed by atoms with Gasteiger partial charge < -0.3 is 5.32 Å². The minimum Gasteiger partial charge on any atom is -0.308 e. The van der Waals surface area contributed by atoms with Crippen molar-refractivity contribution in [2.24, 2.45) is 0 Å². The minimum atomic E-state index is -3.71. The number of rotatable bonds is 8. The maximum Gasteiger partial charge on any atom is 0.243 e. The second-order valence-corrected chi connectivity index (χ2v) is 9.94. The first kappa shape index (κ1) is 22.4. The van der Waals surface area contributed by atoms with Crippen molar-refractivity contribution in [3.05, 3.63) is 46.6 Å². The van der Waals surface area contributed by atoms with Gasteiger partial charge in [0.05, 0.1) is 5.75 Å². The maximum absolute atomic E-state index is 12.6. The van der Waals surface area contributed by atoms with Crippen molar-refractivity contribution in [3.63, 3.8) is 0 Å². The standard InChI is InChI=1S/C19H27ClN4O3S/c1-5-6-15(18(25)21-17-11-16(22-23-17)19(2,3)4)24-28(26,27)12-13-7-9-14(20)10-8-13/h7-11,15,24H,5-6,12H2,1-4H3,(H2,21,22,23,25). The summed E-state index contributed by atoms with van der Waals surface area (Å²) in [6, 6.07) is 7.43. The Bertz CT molecular complexity index is 902. The van der Waals surface area contributed by atoms with Crippen LogP contribution in [0.1, 0.15) is 51.8 Å². The van der Waals surface area contributed by atoms with E-state index in [0.717, 1.165) is 5.69 Å². The molecular weight excluding hydrogens is 400 g/mol. The van der Waals surface area contributed by atoms with E-state index in [9.17, 15) is 13.2 Å². The van der Waals surface area contributed by atoms with E-state index in [1.165, 1.54) is 0 Å². The van der Waals surface area contributed by atoms with Crippen molar-refractivity contribution in [1.82, 2.24) is 14.9 Å². The van der Waals surface area contributed by atoms with Crippen LogP contribution >= 0.6 is 11.6 Å². The normalized spacial score (nSPS) is 13.3. The monoisotopic (exact) mass is 426 g/mol. The fourth-order valence-electron chi connectivity index (χ4n) is 2.57. The summed E-state index contributed by atoms with van der Waals surface area (Å²) in [5, 5.41) is 10.2. The summed E-state index contributed by atoms with van der Waals surface area (Å²) in [4.78, 5) is 12.6. The molecule has 1 amide bonds. The van der Waals surface area contributed by atoms with Crippen LogP contribution in [0.3, 0.4) is 0 Å². The fraction of sp³-hybridized carbons (Fsp3) is 0.474. The summed E-state index contributed by atoms with van der Waals surface area (Å²) in [5.74, 6) is -0.296. The molecule has 0 aliphatic rings. The highest BCUT2D eigenvalue weighted by molar-refractivity contribution is 7.88. The van der Waals surface area contributed by atoms with Gasteiger partial charge in [0, 0.05) is 22.2 Å². The van der Waals surface area contributed by atoms with Crippen LogP contribution in [0.5, 0.6) is 0 Å². The van der Waals surface area contributed by atoms with Crippen molar-refractivity contribution in [1.29, 1.82) is 0 Å². The number of carbonyl (C=O) groups is 1. The van der Waals surface area contributed by atoms with E-state index >= 15 is 0 Å². The molecular formula is C19H27ClN4O3S. The van der Waals surface area contributed by atoms with Crippen LogP contribution in [0.2, 0.25) is 5.02 Å². The third-order valence-electron chi connectivity index (χ3n) is 4.12. The second-order valence-electron chi connectivity index (χ2n) is 7.75. The summed E-state index contributed by atoms with van der Waals surface area (Å²) < 4.78 is 27.5. The van der Waals surface area contributed by atoms with E-state index in [1.54, 1.807) is 30.3 Å². The number of aromatic amines is 1. The van der Waals surface area contributed by atoms with Crippen molar-refractivity contribution < 1.29 is 13.2 Å². The fourth-order valence-corrected chi connectivity index (χ4v) is 4.07. The lowest BCUT2D eigenvalue weighted by molar-refractivity contribution is -0.117. The first-order valence-corrected chi connectivity index (χ1v) is 11.1. The number of carbonyl (C=O) groups excluding carboxylic acids is 1. The zero-order valence-corrected chi connectivity index (χ0v) is 18.1. The number of amides is 1. The molecule has 1 aromatic carbocycles. The predicted molar refractivity (Wildman–Crippen MR) is 112 cm³/mol. The molecule has 0 spiro atoms. The summed E-state index contributed by atoms with van der Waals surface area (Å²) >= 11 is 5.83. The van der Waals surface area contributed by atoms with E-state index in [4.69, 9.17) is 11.6 Å². The Hall–Kier alpha value is -1.90. The number of halogens is 1. The molecule has 7 nitrogen and oxygen atoms in total. The van der Waals surface area contributed by atoms with Crippen molar-refractivity contribution in [2.75, 3.05) is 5.32 Å². The third-order valence-corrected chi connectivity index (χ3v) is 5.73. The number of aromatic nitrogens is 2. The summed E-state index contributed by atoms with van der Waals surface area (Å²) in [6.45, 7) is 7.96. The number of anilines is 1. The molecule has 1 atom stereocenters. The molecule has 0 aliphatic carbocycles. The van der Waals surface area contributed by atoms with Crippen LogP contribution in [-0.2, 0) is 26.0 Å². The Morgan fingerprint density at radius 1 is 1.25 bits per heavy atom. The van der Waals surface area contributed by atoms with Gasteiger partial charge in [-0.3, -0.25) is 9.89 Å². The van der Waals surface area contributed by atoms with Gasteiger partial charge in [0.15, 0.2) is 5.82 Å². The average Bonchev–Trinajstić information content (AvgIpc) is 3.05. The molecule has 0 fully saturated rings. The molecule has 28 heavy (non-hydrogen) atoms. The van der Waals surface area contributed by atoms with Gasteiger partial charge in [-0.1, -0.05) is 57.8 Å². The van der Waals surface area contributed by atoms with Gasteiger partial charge in [-0.2, -0.15) is 5.10 Å². The number of nitrogens with zero attached hydrogens (tertiary/aromatic N) is 1. The van der Waals surface area contributed by atoms with Crippen LogP contribution in [-0.4, -0.2) is 30.6 Å². The van der Waals surface area contributed by atoms with Crippen LogP contribution in [0.25, 0.3) is 0 Å². The van der Waals surface area contributed by atoms with Gasteiger partial charge >= 0.3 is 0 Å². The summed E-state index contributed by atoms with van der Waals surface area (Å²) in [7, 11) is -3.71. The molecule has 9 heteroatoms. The van der Waals surface area contributed by atoms with Gasteiger partial charge in [0.1, 0.15) is 6.04 Å². The molecule has 2 aromatic rings. The molecule has 0 aliphatic heterocycles. The van der Waals surface area contributed by atoms with Gasteiger partial charge in [-0.25, -0.2) is 13.1 Å². The van der Waals surface area contributed by atoms with Gasteiger partial charge in [-0.15, -0.1) is 0 Å². The Kier molecular flexibility index (Phi) is 7.25. The lowest BCUT2D eigenvalue weighted by Crippen LogP contribution is -2.44. The van der Waals surface area contributed by atoms with Crippen molar-refractivity contribution in [2.45, 2.75) is 57.7 Å². The Morgan fingerprint density at radius 2 is 1.89 bits per heavy atom. The highest BCUT2D eigenvalue weighted by atomic mass is 35.5. The predicted octanol–water partition coefficient (Wildman–Crippen LogP) is 3.59. The number of nitrogens with one attached hydrogen (secondary N) is 3. The molecule has 154 valence electrons. The smallest absolute Gasteiger partial charge is 0.243 e. The number of benzene rings is 1. The lowest BCUT2D eigenvalue weighted by atomic mass is 9.92. The zero-order valence-electron chi connectivity index (χ0n) is 16.5. The molecule has 2 rings (SSSR count). The van der Waals surface area contributed by atoms with Gasteiger partial charge in [-0.05, 0) is 24.1 Å². The highest BCUT2D eigenvalue weighted by Crippen LogP contribution is 2.22. The van der Waals surface area contributed by atoms with Crippen LogP contribution < -0.4 is 10.0 Å². The summed E-state index contributed by atoms with van der Waals surface area (Å²) in [6.07, 6.45) is 1.03. The molecule has 0 saturated carbocycles. The average molecular weight is 427 g/mol. The first-order chi connectivity index (χ1) is 13.0. The number of hydrogen-bond donors (Lipinski definition) is 3. The molecule has 1 unspecified atom stereocenters. The van der Waals surface area contributed by atoms with E-state index in [2.05, 4.69) is 20.2 Å². The number of hydrogen-bond acceptors (Lipinski definition) is 4. The molecule has 1 aromatic heterocycles. The molecule has 3 N–H and O–H groups in total. The van der Waals surface area contributed by atoms with E-state index in [-0.39, 0.29) is 11.2 Å². The SMILES string of the molecule is CCCC(NS(=O)(=O)Cc1ccc(Cl)cc1)C(=O)Nc1cc(C(C)(C)C)[nH]n1. The van der Waals surface area contributed by atoms with Crippen LogP contribution in [0.15, 0.2) is 30.3 Å². The molecule has 1 heterocycles. The number of H-pyrrole nitrogens is 1. The first-order valence-electron chi connectivity index (χ1n) is 9.11. The molecule has 0 saturated heterocycles. The van der Waals surface area contributed by atoms with Gasteiger partial charge in [0.25, 0.3) is 0 Å². The topological polar surface area (TPSA) is 104 Å². The maximum atomic E-state index is 12.6. The Balaban J connectivity index is 2.07. The minimum absolute atomic E-state index is 0.140. The Labute approximate surface area is 171 Å². The third kappa shape index (κ3) is 6.61. The van der Waals surface area contributed by atoms with Crippen LogP contribution in [0.4, 0.5) is 5.82 Å². The number of sulfonamides is 1. The quantitative estimate of drug-likeness (QED) is 0.599. The lowest BCUT2D eigenvalue weighted by Gasteiger charge is -2.17. The largest absolute Gasteiger partial charge is 0.308 e. The van der Waals surface area contributed by atoms with E-state index in [1.807, 2.05) is 27.7 Å². The van der Waals surface area contributed by atoms with Crippen molar-refractivity contribution >= 4 is 33.3 Å². The van der Waals surface area contributed by atoms with Crippen LogP contribution in [0, 0.1) is 0 Å². The Morgan fingerprint density at radius 3 is 2.43 bits per heavy atom.